The van der Waals surface area contributed by atoms with Gasteiger partial charge in [0.2, 0.25) is 0 Å². The third kappa shape index (κ3) is 8.18. The van der Waals surface area contributed by atoms with Crippen LogP contribution in [0.15, 0.2) is 23.2 Å². The largest absolute Gasteiger partial charge is 0.496 e. The van der Waals surface area contributed by atoms with E-state index in [1.165, 1.54) is 17.5 Å². The van der Waals surface area contributed by atoms with Gasteiger partial charge in [0.15, 0.2) is 5.96 Å². The highest BCUT2D eigenvalue weighted by Gasteiger charge is 2.09. The number of hydrogen-bond acceptors (Lipinski definition) is 4. The Morgan fingerprint density at radius 3 is 2.78 bits per heavy atom. The van der Waals surface area contributed by atoms with Crippen LogP contribution in [0.2, 0.25) is 0 Å². The number of aliphatic imine (C=N–C) groups is 1. The fourth-order valence-electron chi connectivity index (χ4n) is 3.15. The molecule has 0 spiro atoms. The molecule has 1 aliphatic heterocycles. The van der Waals surface area contributed by atoms with Crippen molar-refractivity contribution in [1.82, 2.24) is 15.5 Å². The van der Waals surface area contributed by atoms with E-state index in [0.29, 0.717) is 0 Å². The molecule has 2 rings (SSSR count). The number of ether oxygens (including phenoxy) is 2. The lowest BCUT2D eigenvalue weighted by Gasteiger charge is -2.26. The maximum Gasteiger partial charge on any atom is 0.191 e. The van der Waals surface area contributed by atoms with Crippen LogP contribution in [-0.2, 0) is 11.2 Å². The van der Waals surface area contributed by atoms with Crippen LogP contribution in [0.4, 0.5) is 0 Å². The predicted octanol–water partition coefficient (Wildman–Crippen LogP) is 2.21. The minimum Gasteiger partial charge on any atom is -0.496 e. The summed E-state index contributed by atoms with van der Waals surface area (Å²) in [5.74, 6) is 1.86. The van der Waals surface area contributed by atoms with Gasteiger partial charge in [0.05, 0.1) is 20.3 Å². The van der Waals surface area contributed by atoms with E-state index in [1.54, 1.807) is 7.11 Å². The molecule has 0 bridgehead atoms. The van der Waals surface area contributed by atoms with Gasteiger partial charge in [-0.3, -0.25) is 9.89 Å². The zero-order chi connectivity index (χ0) is 19.3. The molecule has 2 N–H and O–H groups in total. The molecule has 152 valence electrons. The molecule has 1 aromatic rings. The van der Waals surface area contributed by atoms with Crippen LogP contribution in [0.3, 0.4) is 0 Å². The molecule has 1 heterocycles. The quantitative estimate of drug-likeness (QED) is 0.373. The second-order valence-corrected chi connectivity index (χ2v) is 6.90. The van der Waals surface area contributed by atoms with E-state index in [4.69, 9.17) is 14.5 Å². The summed E-state index contributed by atoms with van der Waals surface area (Å²) in [6.07, 6.45) is 3.24. The minimum absolute atomic E-state index is 0.853. The van der Waals surface area contributed by atoms with Crippen LogP contribution >= 0.6 is 0 Å². The molecule has 1 aliphatic rings. The first-order chi connectivity index (χ1) is 13.2. The first kappa shape index (κ1) is 21.5. The van der Waals surface area contributed by atoms with Crippen molar-refractivity contribution >= 4 is 5.96 Å². The van der Waals surface area contributed by atoms with Gasteiger partial charge < -0.3 is 20.1 Å². The summed E-state index contributed by atoms with van der Waals surface area (Å²) in [6, 6.07) is 6.39. The lowest BCUT2D eigenvalue weighted by atomic mass is 10.1. The standard InChI is InChI=1S/C21H36N4O2/c1-4-22-21(23-10-5-6-12-25-13-15-27-16-14-25)24-11-9-19-8-7-18(2)20(17-19)26-3/h7-8,17H,4-6,9-16H2,1-3H3,(H2,22,23,24). The maximum atomic E-state index is 5.40. The number of benzene rings is 1. The normalized spacial score (nSPS) is 15.6. The van der Waals surface area contributed by atoms with Gasteiger partial charge in [0.1, 0.15) is 5.75 Å². The monoisotopic (exact) mass is 376 g/mol. The highest BCUT2D eigenvalue weighted by molar-refractivity contribution is 5.79. The smallest absolute Gasteiger partial charge is 0.191 e. The molecule has 0 atom stereocenters. The van der Waals surface area contributed by atoms with Gasteiger partial charge in [-0.05, 0) is 56.8 Å². The zero-order valence-electron chi connectivity index (χ0n) is 17.2. The minimum atomic E-state index is 0.853. The topological polar surface area (TPSA) is 58.1 Å². The Hall–Kier alpha value is -1.79. The zero-order valence-corrected chi connectivity index (χ0v) is 17.2. The molecule has 0 unspecified atom stereocenters. The Kier molecular flexibility index (Phi) is 10.0. The van der Waals surface area contributed by atoms with Crippen molar-refractivity contribution in [3.05, 3.63) is 29.3 Å². The summed E-state index contributed by atoms with van der Waals surface area (Å²) in [6.45, 7) is 11.8. The second-order valence-electron chi connectivity index (χ2n) is 6.90. The molecule has 1 aromatic carbocycles. The second kappa shape index (κ2) is 12.6. The number of hydrogen-bond donors (Lipinski definition) is 2. The van der Waals surface area contributed by atoms with Crippen LogP contribution in [0.5, 0.6) is 5.75 Å². The van der Waals surface area contributed by atoms with Gasteiger partial charge in [-0.25, -0.2) is 0 Å². The van der Waals surface area contributed by atoms with Crippen LogP contribution in [-0.4, -0.2) is 70.5 Å². The Labute approximate surface area is 164 Å². The summed E-state index contributed by atoms with van der Waals surface area (Å²) in [4.78, 5) is 7.18. The lowest BCUT2D eigenvalue weighted by Crippen LogP contribution is -2.38. The number of aryl methyl sites for hydroxylation is 1. The SMILES string of the molecule is CCNC(=NCCCCN1CCOCC1)NCCc1ccc(C)c(OC)c1. The van der Waals surface area contributed by atoms with E-state index in [1.807, 2.05) is 0 Å². The number of morpholine rings is 1. The number of nitrogens with one attached hydrogen (secondary N) is 2. The molecule has 0 saturated carbocycles. The number of unbranched alkanes of at least 4 members (excludes halogenated alkanes) is 1. The number of guanidine groups is 1. The molecule has 6 nitrogen and oxygen atoms in total. The lowest BCUT2D eigenvalue weighted by molar-refractivity contribution is 0.0373. The summed E-state index contributed by atoms with van der Waals surface area (Å²) in [5.41, 5.74) is 2.44. The first-order valence-electron chi connectivity index (χ1n) is 10.2. The van der Waals surface area contributed by atoms with E-state index in [-0.39, 0.29) is 0 Å². The number of nitrogens with zero attached hydrogens (tertiary/aromatic N) is 2. The van der Waals surface area contributed by atoms with Crippen molar-refractivity contribution in [2.45, 2.75) is 33.1 Å². The van der Waals surface area contributed by atoms with E-state index in [0.717, 1.165) is 77.0 Å². The fourth-order valence-corrected chi connectivity index (χ4v) is 3.15. The maximum absolute atomic E-state index is 5.40. The molecular weight excluding hydrogens is 340 g/mol. The van der Waals surface area contributed by atoms with Gasteiger partial charge in [-0.15, -0.1) is 0 Å². The van der Waals surface area contributed by atoms with E-state index >= 15 is 0 Å². The van der Waals surface area contributed by atoms with Crippen molar-refractivity contribution in [2.75, 3.05) is 59.6 Å². The van der Waals surface area contributed by atoms with E-state index in [9.17, 15) is 0 Å². The first-order valence-corrected chi connectivity index (χ1v) is 10.2. The number of methoxy groups -OCH3 is 1. The molecule has 1 saturated heterocycles. The predicted molar refractivity (Wildman–Crippen MR) is 112 cm³/mol. The molecule has 0 aliphatic carbocycles. The van der Waals surface area contributed by atoms with Gasteiger partial charge in [0.25, 0.3) is 0 Å². The highest BCUT2D eigenvalue weighted by atomic mass is 16.5. The Morgan fingerprint density at radius 1 is 1.22 bits per heavy atom. The van der Waals surface area contributed by atoms with Gasteiger partial charge in [0, 0.05) is 32.7 Å². The van der Waals surface area contributed by atoms with Gasteiger partial charge >= 0.3 is 0 Å². The van der Waals surface area contributed by atoms with Crippen molar-refractivity contribution in [3.63, 3.8) is 0 Å². The average molecular weight is 377 g/mol. The molecule has 27 heavy (non-hydrogen) atoms. The van der Waals surface area contributed by atoms with Gasteiger partial charge in [-0.1, -0.05) is 12.1 Å². The number of rotatable bonds is 10. The fraction of sp³-hybridized carbons (Fsp3) is 0.667. The molecule has 0 amide bonds. The highest BCUT2D eigenvalue weighted by Crippen LogP contribution is 2.18. The average Bonchev–Trinajstić information content (AvgIpc) is 2.69. The molecule has 6 heteroatoms. The van der Waals surface area contributed by atoms with Crippen LogP contribution < -0.4 is 15.4 Å². The Bertz CT molecular complexity index is 571. The van der Waals surface area contributed by atoms with Crippen molar-refractivity contribution in [3.8, 4) is 5.75 Å². The molecule has 0 radical (unpaired) electrons. The van der Waals surface area contributed by atoms with Crippen molar-refractivity contribution in [1.29, 1.82) is 0 Å². The van der Waals surface area contributed by atoms with E-state index < -0.39 is 0 Å². The Morgan fingerprint density at radius 2 is 2.04 bits per heavy atom. The third-order valence-electron chi connectivity index (χ3n) is 4.78. The molecule has 1 fully saturated rings. The summed E-state index contributed by atoms with van der Waals surface area (Å²) in [7, 11) is 1.72. The summed E-state index contributed by atoms with van der Waals surface area (Å²) >= 11 is 0. The van der Waals surface area contributed by atoms with Crippen LogP contribution in [0.1, 0.15) is 30.9 Å². The van der Waals surface area contributed by atoms with Crippen molar-refractivity contribution in [2.24, 2.45) is 4.99 Å². The molecular formula is C21H36N4O2. The summed E-state index contributed by atoms with van der Waals surface area (Å²) < 4.78 is 10.8. The van der Waals surface area contributed by atoms with Gasteiger partial charge in [-0.2, -0.15) is 0 Å². The van der Waals surface area contributed by atoms with Crippen LogP contribution in [0.25, 0.3) is 0 Å². The third-order valence-corrected chi connectivity index (χ3v) is 4.78. The molecule has 0 aromatic heterocycles. The van der Waals surface area contributed by atoms with Crippen molar-refractivity contribution < 1.29 is 9.47 Å². The Balaban J connectivity index is 1.68. The van der Waals surface area contributed by atoms with Crippen LogP contribution in [0, 0.1) is 6.92 Å². The summed E-state index contributed by atoms with van der Waals surface area (Å²) in [5, 5.41) is 6.76. The van der Waals surface area contributed by atoms with E-state index in [2.05, 4.69) is 47.6 Å².